The molecule has 0 unspecified atom stereocenters. The molecule has 0 amide bonds. The molecule has 0 bridgehead atoms. The molecule has 5 rings (SSSR count). The highest BCUT2D eigenvalue weighted by Crippen LogP contribution is 2.35. The zero-order valence-corrected chi connectivity index (χ0v) is 15.4. The maximum atomic E-state index is 10.2. The van der Waals surface area contributed by atoms with Gasteiger partial charge in [-0.05, 0) is 23.8 Å². The summed E-state index contributed by atoms with van der Waals surface area (Å²) in [6.45, 7) is 1.57. The zero-order valence-electron chi connectivity index (χ0n) is 15.4. The van der Waals surface area contributed by atoms with Crippen LogP contribution in [0, 0.1) is 0 Å². The number of aromatic hydroxyl groups is 1. The number of nitrogens with one attached hydrogen (secondary N) is 1. The number of nitrogens with zero attached hydrogens (tertiary/aromatic N) is 4. The second-order valence-corrected chi connectivity index (χ2v) is 7.08. The summed E-state index contributed by atoms with van der Waals surface area (Å²) in [5.74, 6) is 0.338. The highest BCUT2D eigenvalue weighted by Gasteiger charge is 2.31. The Morgan fingerprint density at radius 1 is 1.11 bits per heavy atom. The van der Waals surface area contributed by atoms with Gasteiger partial charge < -0.3 is 14.7 Å². The molecule has 0 spiro atoms. The van der Waals surface area contributed by atoms with Gasteiger partial charge in [0.2, 0.25) is 0 Å². The summed E-state index contributed by atoms with van der Waals surface area (Å²) in [6.07, 6.45) is 8.21. The molecule has 4 aromatic rings. The predicted molar refractivity (Wildman–Crippen MR) is 106 cm³/mol. The van der Waals surface area contributed by atoms with E-state index in [1.54, 1.807) is 24.9 Å². The molecule has 6 heteroatoms. The molecule has 1 aliphatic rings. The molecular formula is C22H21N5O. The molecule has 140 valence electrons. The van der Waals surface area contributed by atoms with Crippen molar-refractivity contribution in [1.82, 2.24) is 24.4 Å². The Bertz CT molecular complexity index is 1070. The topological polar surface area (TPSA) is 70.0 Å². The van der Waals surface area contributed by atoms with Gasteiger partial charge in [0.15, 0.2) is 0 Å². The fourth-order valence-electron chi connectivity index (χ4n) is 3.97. The number of hydrogen-bond acceptors (Lipinski definition) is 4. The van der Waals surface area contributed by atoms with Gasteiger partial charge in [-0.3, -0.25) is 4.90 Å². The van der Waals surface area contributed by atoms with E-state index >= 15 is 0 Å². The Labute approximate surface area is 163 Å². The van der Waals surface area contributed by atoms with E-state index in [0.717, 1.165) is 29.9 Å². The van der Waals surface area contributed by atoms with Crippen LogP contribution in [0.5, 0.6) is 5.75 Å². The minimum absolute atomic E-state index is 0.0476. The first-order chi connectivity index (χ1) is 13.8. The lowest BCUT2D eigenvalue weighted by atomic mass is 9.94. The predicted octanol–water partition coefficient (Wildman–Crippen LogP) is 3.45. The van der Waals surface area contributed by atoms with Crippen LogP contribution in [0.4, 0.5) is 0 Å². The number of H-pyrrole nitrogens is 1. The fraction of sp³-hybridized carbons (Fsp3) is 0.182. The first-order valence-corrected chi connectivity index (χ1v) is 9.41. The minimum Gasteiger partial charge on any atom is -0.508 e. The Morgan fingerprint density at radius 3 is 2.75 bits per heavy atom. The number of benzene rings is 2. The molecule has 2 aromatic heterocycles. The smallest absolute Gasteiger partial charge is 0.120 e. The summed E-state index contributed by atoms with van der Waals surface area (Å²) in [6, 6.07) is 16.1. The number of fused-ring (bicyclic) bond motifs is 1. The van der Waals surface area contributed by atoms with Gasteiger partial charge in [0, 0.05) is 48.8 Å². The number of hydrogen-bond donors (Lipinski definition) is 2. The summed E-state index contributed by atoms with van der Waals surface area (Å²) in [5, 5.41) is 10.2. The van der Waals surface area contributed by atoms with Crippen molar-refractivity contribution in [1.29, 1.82) is 0 Å². The van der Waals surface area contributed by atoms with Crippen molar-refractivity contribution >= 4 is 0 Å². The number of para-hydroxylation sites is 1. The SMILES string of the molecule is Oc1ccccc1CN1CCc2[nH]cnc2[C@@H]1c1ccc(-n2ccnc2)cc1. The molecule has 0 fully saturated rings. The molecule has 3 heterocycles. The molecule has 0 saturated heterocycles. The standard InChI is InChI=1S/C22H21N5O/c28-20-4-2-1-3-17(20)13-26-11-9-19-21(25-14-24-19)22(26)16-5-7-18(8-6-16)27-12-10-23-15-27/h1-8,10,12,14-15,22,28H,9,11,13H2,(H,24,25)/t22-/m0/s1. The third kappa shape index (κ3) is 2.97. The van der Waals surface area contributed by atoms with Gasteiger partial charge in [-0.25, -0.2) is 9.97 Å². The van der Waals surface area contributed by atoms with Crippen molar-refractivity contribution in [3.05, 3.63) is 96.1 Å². The molecule has 6 nitrogen and oxygen atoms in total. The van der Waals surface area contributed by atoms with Crippen LogP contribution in [-0.2, 0) is 13.0 Å². The van der Waals surface area contributed by atoms with E-state index in [9.17, 15) is 5.11 Å². The van der Waals surface area contributed by atoms with Gasteiger partial charge >= 0.3 is 0 Å². The molecule has 2 aromatic carbocycles. The Morgan fingerprint density at radius 2 is 1.96 bits per heavy atom. The number of rotatable bonds is 4. The molecule has 0 radical (unpaired) electrons. The Kier molecular flexibility index (Phi) is 4.18. The Hall–Kier alpha value is -3.38. The van der Waals surface area contributed by atoms with Crippen LogP contribution in [-0.4, -0.2) is 36.1 Å². The van der Waals surface area contributed by atoms with Crippen molar-refractivity contribution in [2.24, 2.45) is 0 Å². The van der Waals surface area contributed by atoms with Gasteiger partial charge in [0.05, 0.1) is 24.4 Å². The van der Waals surface area contributed by atoms with Crippen molar-refractivity contribution in [3.63, 3.8) is 0 Å². The number of phenolic OH excluding ortho intramolecular Hbond substituents is 1. The van der Waals surface area contributed by atoms with Crippen LogP contribution in [0.3, 0.4) is 0 Å². The van der Waals surface area contributed by atoms with Crippen LogP contribution >= 0.6 is 0 Å². The fourth-order valence-corrected chi connectivity index (χ4v) is 3.97. The van der Waals surface area contributed by atoms with Crippen molar-refractivity contribution in [2.75, 3.05) is 6.54 Å². The third-order valence-electron chi connectivity index (χ3n) is 5.40. The van der Waals surface area contributed by atoms with Crippen molar-refractivity contribution in [2.45, 2.75) is 19.0 Å². The molecule has 1 aliphatic heterocycles. The van der Waals surface area contributed by atoms with E-state index < -0.39 is 0 Å². The van der Waals surface area contributed by atoms with Crippen molar-refractivity contribution < 1.29 is 5.11 Å². The number of imidazole rings is 2. The van der Waals surface area contributed by atoms with E-state index in [4.69, 9.17) is 0 Å². The lowest BCUT2D eigenvalue weighted by molar-refractivity contribution is 0.198. The molecule has 1 atom stereocenters. The molecule has 0 aliphatic carbocycles. The number of phenols is 1. The van der Waals surface area contributed by atoms with Crippen molar-refractivity contribution in [3.8, 4) is 11.4 Å². The van der Waals surface area contributed by atoms with E-state index in [2.05, 4.69) is 44.1 Å². The summed E-state index contributed by atoms with van der Waals surface area (Å²) in [5.41, 5.74) is 5.45. The van der Waals surface area contributed by atoms with E-state index in [-0.39, 0.29) is 6.04 Å². The van der Waals surface area contributed by atoms with Crippen LogP contribution in [0.1, 0.15) is 28.6 Å². The van der Waals surface area contributed by atoms with Gasteiger partial charge in [-0.15, -0.1) is 0 Å². The van der Waals surface area contributed by atoms with E-state index in [1.807, 2.05) is 29.0 Å². The average Bonchev–Trinajstić information content (AvgIpc) is 3.42. The van der Waals surface area contributed by atoms with Gasteiger partial charge in [-0.2, -0.15) is 0 Å². The van der Waals surface area contributed by atoms with E-state index in [1.165, 1.54) is 11.3 Å². The second kappa shape index (κ2) is 6.98. The van der Waals surface area contributed by atoms with Gasteiger partial charge in [-0.1, -0.05) is 30.3 Å². The lowest BCUT2D eigenvalue weighted by Gasteiger charge is -2.35. The Balaban J connectivity index is 1.51. The average molecular weight is 371 g/mol. The normalized spacial score (nSPS) is 16.8. The maximum absolute atomic E-state index is 10.2. The number of aromatic amines is 1. The summed E-state index contributed by atoms with van der Waals surface area (Å²) >= 11 is 0. The second-order valence-electron chi connectivity index (χ2n) is 7.08. The first-order valence-electron chi connectivity index (χ1n) is 9.41. The molecule has 2 N–H and O–H groups in total. The van der Waals surface area contributed by atoms with Crippen LogP contribution in [0.15, 0.2) is 73.6 Å². The first kappa shape index (κ1) is 16.8. The lowest BCUT2D eigenvalue weighted by Crippen LogP contribution is -2.35. The van der Waals surface area contributed by atoms with Crippen LogP contribution < -0.4 is 0 Å². The van der Waals surface area contributed by atoms with Crippen LogP contribution in [0.25, 0.3) is 5.69 Å². The third-order valence-corrected chi connectivity index (χ3v) is 5.40. The quantitative estimate of drug-likeness (QED) is 0.576. The summed E-state index contributed by atoms with van der Waals surface area (Å²) < 4.78 is 1.99. The minimum atomic E-state index is 0.0476. The number of aromatic nitrogens is 4. The van der Waals surface area contributed by atoms with E-state index in [0.29, 0.717) is 12.3 Å². The van der Waals surface area contributed by atoms with Gasteiger partial charge in [0.25, 0.3) is 0 Å². The monoisotopic (exact) mass is 371 g/mol. The van der Waals surface area contributed by atoms with Crippen LogP contribution in [0.2, 0.25) is 0 Å². The molecule has 0 saturated carbocycles. The highest BCUT2D eigenvalue weighted by atomic mass is 16.3. The summed E-state index contributed by atoms with van der Waals surface area (Å²) in [4.78, 5) is 14.4. The maximum Gasteiger partial charge on any atom is 0.120 e. The highest BCUT2D eigenvalue weighted by molar-refractivity contribution is 5.40. The largest absolute Gasteiger partial charge is 0.508 e. The molecular weight excluding hydrogens is 350 g/mol. The molecule has 28 heavy (non-hydrogen) atoms. The van der Waals surface area contributed by atoms with Gasteiger partial charge in [0.1, 0.15) is 5.75 Å². The zero-order chi connectivity index (χ0) is 18.9. The summed E-state index contributed by atoms with van der Waals surface area (Å²) in [7, 11) is 0.